The van der Waals surface area contributed by atoms with E-state index in [-0.39, 0.29) is 24.2 Å². The summed E-state index contributed by atoms with van der Waals surface area (Å²) in [4.78, 5) is 29.0. The summed E-state index contributed by atoms with van der Waals surface area (Å²) >= 11 is 0. The fourth-order valence-electron chi connectivity index (χ4n) is 4.54. The second-order valence-electron chi connectivity index (χ2n) is 8.27. The van der Waals surface area contributed by atoms with Crippen molar-refractivity contribution in [3.63, 3.8) is 0 Å². The molecule has 4 aromatic rings. The minimum Gasteiger partial charge on any atom is -0.350 e. The molecule has 1 aliphatic heterocycles. The SMILES string of the molecule is O=C(NCc1ccc(F)cc1)C1c2ccccc2C(=O)N1C(c1ccccc1)c1ccccc1. The number of halogens is 1. The van der Waals surface area contributed by atoms with Crippen LogP contribution in [0.15, 0.2) is 109 Å². The van der Waals surface area contributed by atoms with E-state index in [4.69, 9.17) is 0 Å². The van der Waals surface area contributed by atoms with Gasteiger partial charge in [-0.25, -0.2) is 4.39 Å². The van der Waals surface area contributed by atoms with E-state index in [0.717, 1.165) is 16.7 Å². The number of carbonyl (C=O) groups excluding carboxylic acids is 2. The first-order chi connectivity index (χ1) is 16.6. The Morgan fingerprint density at radius 2 is 1.35 bits per heavy atom. The Morgan fingerprint density at radius 1 is 0.794 bits per heavy atom. The van der Waals surface area contributed by atoms with Crippen LogP contribution in [0, 0.1) is 5.82 Å². The van der Waals surface area contributed by atoms with Crippen LogP contribution in [0.4, 0.5) is 4.39 Å². The van der Waals surface area contributed by atoms with Gasteiger partial charge in [0, 0.05) is 12.1 Å². The number of benzene rings is 4. The van der Waals surface area contributed by atoms with E-state index in [9.17, 15) is 14.0 Å². The lowest BCUT2D eigenvalue weighted by Gasteiger charge is -2.33. The number of rotatable bonds is 6. The molecule has 34 heavy (non-hydrogen) atoms. The molecule has 1 N–H and O–H groups in total. The molecular weight excluding hydrogens is 427 g/mol. The first-order valence-corrected chi connectivity index (χ1v) is 11.2. The molecule has 0 bridgehead atoms. The minimum atomic E-state index is -0.797. The van der Waals surface area contributed by atoms with Crippen molar-refractivity contribution in [3.05, 3.63) is 143 Å². The van der Waals surface area contributed by atoms with Gasteiger partial charge in [0.15, 0.2) is 0 Å². The van der Waals surface area contributed by atoms with Crippen molar-refractivity contribution in [1.29, 1.82) is 0 Å². The Hall–Kier alpha value is -4.25. The number of hydrogen-bond acceptors (Lipinski definition) is 2. The van der Waals surface area contributed by atoms with Crippen LogP contribution < -0.4 is 5.32 Å². The van der Waals surface area contributed by atoms with Gasteiger partial charge < -0.3 is 10.2 Å². The Morgan fingerprint density at radius 3 is 1.97 bits per heavy atom. The molecule has 168 valence electrons. The third-order valence-electron chi connectivity index (χ3n) is 6.14. The van der Waals surface area contributed by atoms with Crippen LogP contribution in [0.2, 0.25) is 0 Å². The van der Waals surface area contributed by atoms with Crippen molar-refractivity contribution in [1.82, 2.24) is 10.2 Å². The van der Waals surface area contributed by atoms with Crippen LogP contribution in [0.1, 0.15) is 44.7 Å². The number of nitrogens with zero attached hydrogens (tertiary/aromatic N) is 1. The van der Waals surface area contributed by atoms with Crippen LogP contribution in [0.3, 0.4) is 0 Å². The van der Waals surface area contributed by atoms with Crippen molar-refractivity contribution in [2.75, 3.05) is 0 Å². The molecule has 0 saturated carbocycles. The van der Waals surface area contributed by atoms with Gasteiger partial charge in [-0.1, -0.05) is 91.0 Å². The predicted octanol–water partition coefficient (Wildman–Crippen LogP) is 5.43. The van der Waals surface area contributed by atoms with Crippen LogP contribution >= 0.6 is 0 Å². The number of fused-ring (bicyclic) bond motifs is 1. The molecule has 0 aromatic heterocycles. The third kappa shape index (κ3) is 4.08. The number of carbonyl (C=O) groups is 2. The molecule has 0 radical (unpaired) electrons. The Balaban J connectivity index is 1.55. The maximum absolute atomic E-state index is 13.7. The standard InChI is InChI=1S/C29H23FN2O2/c30-23-17-15-20(16-18-23)19-31-28(33)27-24-13-7-8-14-25(24)29(34)32(27)26(21-9-3-1-4-10-21)22-11-5-2-6-12-22/h1-18,26-27H,19H2,(H,31,33). The van der Waals surface area contributed by atoms with Crippen LogP contribution in [-0.4, -0.2) is 16.7 Å². The zero-order valence-corrected chi connectivity index (χ0v) is 18.4. The topological polar surface area (TPSA) is 49.4 Å². The smallest absolute Gasteiger partial charge is 0.255 e. The van der Waals surface area contributed by atoms with Gasteiger partial charge in [-0.15, -0.1) is 0 Å². The molecule has 0 aliphatic carbocycles. The summed E-state index contributed by atoms with van der Waals surface area (Å²) in [6, 6.07) is 31.5. The predicted molar refractivity (Wildman–Crippen MR) is 128 cm³/mol. The van der Waals surface area contributed by atoms with E-state index < -0.39 is 12.1 Å². The van der Waals surface area contributed by atoms with E-state index in [0.29, 0.717) is 11.1 Å². The van der Waals surface area contributed by atoms with E-state index in [1.165, 1.54) is 12.1 Å². The molecule has 5 heteroatoms. The van der Waals surface area contributed by atoms with Gasteiger partial charge >= 0.3 is 0 Å². The van der Waals surface area contributed by atoms with Crippen LogP contribution in [-0.2, 0) is 11.3 Å². The van der Waals surface area contributed by atoms with Gasteiger partial charge in [0.2, 0.25) is 5.91 Å². The Kier molecular flexibility index (Phi) is 5.91. The van der Waals surface area contributed by atoms with E-state index >= 15 is 0 Å². The Bertz CT molecular complexity index is 1270. The maximum atomic E-state index is 13.7. The summed E-state index contributed by atoms with van der Waals surface area (Å²) in [6.07, 6.45) is 0. The van der Waals surface area contributed by atoms with Crippen molar-refractivity contribution in [2.24, 2.45) is 0 Å². The van der Waals surface area contributed by atoms with Crippen molar-refractivity contribution in [2.45, 2.75) is 18.6 Å². The highest BCUT2D eigenvalue weighted by Gasteiger charge is 2.45. The molecular formula is C29H23FN2O2. The zero-order valence-electron chi connectivity index (χ0n) is 18.4. The van der Waals surface area contributed by atoms with E-state index in [1.54, 1.807) is 23.1 Å². The van der Waals surface area contributed by atoms with Gasteiger partial charge in [0.25, 0.3) is 5.91 Å². The summed E-state index contributed by atoms with van der Waals surface area (Å²) in [6.45, 7) is 0.237. The molecule has 1 atom stereocenters. The molecule has 4 aromatic carbocycles. The quantitative estimate of drug-likeness (QED) is 0.426. The molecule has 1 aliphatic rings. The highest BCUT2D eigenvalue weighted by Crippen LogP contribution is 2.42. The first-order valence-electron chi connectivity index (χ1n) is 11.2. The van der Waals surface area contributed by atoms with Gasteiger partial charge in [-0.2, -0.15) is 0 Å². The van der Waals surface area contributed by atoms with Crippen LogP contribution in [0.5, 0.6) is 0 Å². The lowest BCUT2D eigenvalue weighted by molar-refractivity contribution is -0.126. The molecule has 0 spiro atoms. The minimum absolute atomic E-state index is 0.185. The fourth-order valence-corrected chi connectivity index (χ4v) is 4.54. The zero-order chi connectivity index (χ0) is 23.5. The normalized spacial score (nSPS) is 14.8. The molecule has 5 rings (SSSR count). The summed E-state index contributed by atoms with van der Waals surface area (Å²) in [5.74, 6) is -0.792. The molecule has 0 fully saturated rings. The van der Waals surface area contributed by atoms with E-state index in [1.807, 2.05) is 78.9 Å². The van der Waals surface area contributed by atoms with Crippen molar-refractivity contribution in [3.8, 4) is 0 Å². The molecule has 4 nitrogen and oxygen atoms in total. The van der Waals surface area contributed by atoms with Gasteiger partial charge in [0.1, 0.15) is 11.9 Å². The maximum Gasteiger partial charge on any atom is 0.255 e. The summed E-state index contributed by atoms with van der Waals surface area (Å²) in [5.41, 5.74) is 3.83. The number of amides is 2. The van der Waals surface area contributed by atoms with Gasteiger partial charge in [-0.3, -0.25) is 9.59 Å². The van der Waals surface area contributed by atoms with Crippen LogP contribution in [0.25, 0.3) is 0 Å². The largest absolute Gasteiger partial charge is 0.350 e. The Labute approximate surface area is 197 Å². The average molecular weight is 451 g/mol. The van der Waals surface area contributed by atoms with Crippen molar-refractivity contribution < 1.29 is 14.0 Å². The lowest BCUT2D eigenvalue weighted by Crippen LogP contribution is -2.41. The molecule has 1 heterocycles. The lowest BCUT2D eigenvalue weighted by atomic mass is 9.95. The molecule has 1 unspecified atom stereocenters. The summed E-state index contributed by atoms with van der Waals surface area (Å²) < 4.78 is 13.3. The van der Waals surface area contributed by atoms with Gasteiger partial charge in [-0.05, 0) is 40.5 Å². The second-order valence-corrected chi connectivity index (χ2v) is 8.27. The highest BCUT2D eigenvalue weighted by atomic mass is 19.1. The number of nitrogens with one attached hydrogen (secondary N) is 1. The van der Waals surface area contributed by atoms with Crippen molar-refractivity contribution >= 4 is 11.8 Å². The van der Waals surface area contributed by atoms with E-state index in [2.05, 4.69) is 5.32 Å². The highest BCUT2D eigenvalue weighted by molar-refractivity contribution is 6.05. The average Bonchev–Trinajstić information content (AvgIpc) is 3.17. The molecule has 2 amide bonds. The monoisotopic (exact) mass is 450 g/mol. The molecule has 0 saturated heterocycles. The third-order valence-corrected chi connectivity index (χ3v) is 6.14. The van der Waals surface area contributed by atoms with Gasteiger partial charge in [0.05, 0.1) is 6.04 Å². The summed E-state index contributed by atoms with van der Waals surface area (Å²) in [7, 11) is 0. The first kappa shape index (κ1) is 21.6. The summed E-state index contributed by atoms with van der Waals surface area (Å²) in [5, 5.41) is 2.95. The second kappa shape index (κ2) is 9.32. The number of hydrogen-bond donors (Lipinski definition) is 1. The fraction of sp³-hybridized carbons (Fsp3) is 0.103.